The van der Waals surface area contributed by atoms with Gasteiger partial charge in [-0.15, -0.1) is 10.2 Å². The van der Waals surface area contributed by atoms with Gasteiger partial charge in [0, 0.05) is 31.2 Å². The number of aliphatic imine (C=N–C) groups is 1. The van der Waals surface area contributed by atoms with Crippen LogP contribution in [0, 0.1) is 0 Å². The Hall–Kier alpha value is -2.64. The van der Waals surface area contributed by atoms with Crippen molar-refractivity contribution in [3.63, 3.8) is 0 Å². The number of aromatic nitrogens is 3. The largest absolute Gasteiger partial charge is 0.357 e. The number of amides is 1. The molecule has 8 heteroatoms. The smallest absolute Gasteiger partial charge is 0.242 e. The van der Waals surface area contributed by atoms with E-state index in [2.05, 4.69) is 31.1 Å². The van der Waals surface area contributed by atoms with Crippen LogP contribution in [0.1, 0.15) is 33.5 Å². The third-order valence-electron chi connectivity index (χ3n) is 3.26. The fraction of sp³-hybridized carbons (Fsp3) is 0.529. The minimum absolute atomic E-state index is 0.0838. The first kappa shape index (κ1) is 18.7. The average molecular weight is 345 g/mol. The van der Waals surface area contributed by atoms with Gasteiger partial charge >= 0.3 is 0 Å². The summed E-state index contributed by atoms with van der Waals surface area (Å²) >= 11 is 0. The van der Waals surface area contributed by atoms with Gasteiger partial charge in [0.1, 0.15) is 12.4 Å². The summed E-state index contributed by atoms with van der Waals surface area (Å²) in [5.74, 6) is 1.39. The van der Waals surface area contributed by atoms with Gasteiger partial charge < -0.3 is 16.0 Å². The molecule has 2 rings (SSSR count). The maximum Gasteiger partial charge on any atom is 0.242 e. The summed E-state index contributed by atoms with van der Waals surface area (Å²) in [6, 6.07) is 5.81. The van der Waals surface area contributed by atoms with Gasteiger partial charge in [-0.05, 0) is 39.8 Å². The van der Waals surface area contributed by atoms with Crippen LogP contribution in [0.25, 0.3) is 5.65 Å². The van der Waals surface area contributed by atoms with E-state index in [4.69, 9.17) is 0 Å². The van der Waals surface area contributed by atoms with E-state index in [1.807, 2.05) is 56.5 Å². The monoisotopic (exact) mass is 345 g/mol. The van der Waals surface area contributed by atoms with Crippen LogP contribution in [0.15, 0.2) is 29.4 Å². The lowest BCUT2D eigenvalue weighted by Crippen LogP contribution is -2.43. The topological polar surface area (TPSA) is 95.7 Å². The van der Waals surface area contributed by atoms with Crippen LogP contribution in [0.3, 0.4) is 0 Å². The molecule has 2 heterocycles. The zero-order chi connectivity index (χ0) is 18.3. The van der Waals surface area contributed by atoms with E-state index in [-0.39, 0.29) is 18.0 Å². The number of pyridine rings is 1. The highest BCUT2D eigenvalue weighted by Gasteiger charge is 2.13. The first-order valence-electron chi connectivity index (χ1n) is 8.51. The average Bonchev–Trinajstić information content (AvgIpc) is 2.94. The molecule has 0 aliphatic carbocycles. The molecule has 0 saturated carbocycles. The maximum atomic E-state index is 11.9. The molecular formula is C17H27N7O. The quantitative estimate of drug-likeness (QED) is 0.530. The third kappa shape index (κ3) is 6.06. The number of nitrogens with one attached hydrogen (secondary N) is 3. The molecule has 1 amide bonds. The minimum atomic E-state index is -0.257. The lowest BCUT2D eigenvalue weighted by Gasteiger charge is -2.20. The summed E-state index contributed by atoms with van der Waals surface area (Å²) in [6.07, 6.45) is 2.64. The Balaban J connectivity index is 1.88. The van der Waals surface area contributed by atoms with Gasteiger partial charge in [0.2, 0.25) is 5.91 Å². The number of guanidine groups is 1. The fourth-order valence-corrected chi connectivity index (χ4v) is 2.30. The van der Waals surface area contributed by atoms with Crippen molar-refractivity contribution in [2.45, 2.75) is 39.7 Å². The van der Waals surface area contributed by atoms with Gasteiger partial charge in [0.05, 0.1) is 0 Å². The van der Waals surface area contributed by atoms with Crippen LogP contribution in [-0.2, 0) is 11.2 Å². The fourth-order valence-electron chi connectivity index (χ4n) is 2.30. The lowest BCUT2D eigenvalue weighted by atomic mass is 10.1. The first-order chi connectivity index (χ1) is 11.9. The molecule has 2 aromatic rings. The Morgan fingerprint density at radius 1 is 1.24 bits per heavy atom. The van der Waals surface area contributed by atoms with Crippen LogP contribution >= 0.6 is 0 Å². The summed E-state index contributed by atoms with van der Waals surface area (Å²) in [6.45, 7) is 9.27. The summed E-state index contributed by atoms with van der Waals surface area (Å²) in [5, 5.41) is 17.6. The first-order valence-corrected chi connectivity index (χ1v) is 8.51. The zero-order valence-electron chi connectivity index (χ0n) is 15.3. The number of carbonyl (C=O) groups is 1. The van der Waals surface area contributed by atoms with Crippen molar-refractivity contribution in [1.29, 1.82) is 0 Å². The number of fused-ring (bicyclic) bond motifs is 1. The third-order valence-corrected chi connectivity index (χ3v) is 3.26. The molecular weight excluding hydrogens is 318 g/mol. The predicted octanol–water partition coefficient (Wildman–Crippen LogP) is 0.742. The van der Waals surface area contributed by atoms with Crippen LogP contribution in [0.2, 0.25) is 0 Å². The van der Waals surface area contributed by atoms with Crippen molar-refractivity contribution < 1.29 is 4.79 Å². The van der Waals surface area contributed by atoms with Crippen LogP contribution < -0.4 is 16.0 Å². The molecule has 3 N–H and O–H groups in total. The number of hydrogen-bond donors (Lipinski definition) is 3. The summed E-state index contributed by atoms with van der Waals surface area (Å²) in [4.78, 5) is 16.2. The normalized spacial score (nSPS) is 12.2. The number of hydrogen-bond acceptors (Lipinski definition) is 4. The summed E-state index contributed by atoms with van der Waals surface area (Å²) in [7, 11) is 0. The van der Waals surface area contributed by atoms with E-state index < -0.39 is 0 Å². The van der Waals surface area contributed by atoms with Gasteiger partial charge in [0.25, 0.3) is 0 Å². The standard InChI is InChI=1S/C17H27N7O/c1-5-18-16(20-12-15(25)21-17(2,3)4)19-10-9-14-23-22-13-8-6-7-11-24(13)14/h6-8,11H,5,9-10,12H2,1-4H3,(H,21,25)(H2,18,19,20). The van der Waals surface area contributed by atoms with Crippen molar-refractivity contribution in [3.05, 3.63) is 30.2 Å². The molecule has 0 aliphatic rings. The molecule has 2 aromatic heterocycles. The maximum absolute atomic E-state index is 11.9. The molecule has 0 atom stereocenters. The predicted molar refractivity (Wildman–Crippen MR) is 98.6 cm³/mol. The van der Waals surface area contributed by atoms with E-state index in [0.29, 0.717) is 18.9 Å². The summed E-state index contributed by atoms with van der Waals surface area (Å²) in [5.41, 5.74) is 0.574. The van der Waals surface area contributed by atoms with Crippen molar-refractivity contribution in [2.24, 2.45) is 4.99 Å². The molecule has 0 unspecified atom stereocenters. The summed E-state index contributed by atoms with van der Waals surface area (Å²) < 4.78 is 1.96. The van der Waals surface area contributed by atoms with Gasteiger partial charge in [-0.2, -0.15) is 0 Å². The molecule has 25 heavy (non-hydrogen) atoms. The molecule has 0 fully saturated rings. The highest BCUT2D eigenvalue weighted by atomic mass is 16.2. The van der Waals surface area contributed by atoms with Crippen LogP contribution in [0.4, 0.5) is 0 Å². The van der Waals surface area contributed by atoms with E-state index in [1.54, 1.807) is 0 Å². The Labute approximate surface area is 148 Å². The van der Waals surface area contributed by atoms with Gasteiger partial charge in [-0.25, -0.2) is 4.99 Å². The molecule has 136 valence electrons. The zero-order valence-corrected chi connectivity index (χ0v) is 15.3. The molecule has 0 aromatic carbocycles. The highest BCUT2D eigenvalue weighted by molar-refractivity contribution is 5.85. The second kappa shape index (κ2) is 8.46. The van der Waals surface area contributed by atoms with E-state index in [1.165, 1.54) is 0 Å². The lowest BCUT2D eigenvalue weighted by molar-refractivity contribution is -0.121. The molecule has 0 radical (unpaired) electrons. The van der Waals surface area contributed by atoms with Gasteiger partial charge in [-0.3, -0.25) is 9.20 Å². The van der Waals surface area contributed by atoms with E-state index >= 15 is 0 Å². The molecule has 8 nitrogen and oxygen atoms in total. The van der Waals surface area contributed by atoms with E-state index in [9.17, 15) is 4.79 Å². The van der Waals surface area contributed by atoms with Crippen molar-refractivity contribution >= 4 is 17.5 Å². The molecule has 0 spiro atoms. The Morgan fingerprint density at radius 3 is 2.76 bits per heavy atom. The molecule has 0 saturated heterocycles. The minimum Gasteiger partial charge on any atom is -0.357 e. The van der Waals surface area contributed by atoms with Crippen LogP contribution in [-0.4, -0.2) is 51.6 Å². The molecule has 0 aliphatic heterocycles. The highest BCUT2D eigenvalue weighted by Crippen LogP contribution is 2.02. The van der Waals surface area contributed by atoms with E-state index in [0.717, 1.165) is 18.0 Å². The van der Waals surface area contributed by atoms with Crippen molar-refractivity contribution in [2.75, 3.05) is 19.6 Å². The van der Waals surface area contributed by atoms with Crippen molar-refractivity contribution in [3.8, 4) is 0 Å². The van der Waals surface area contributed by atoms with Gasteiger partial charge in [-0.1, -0.05) is 6.07 Å². The van der Waals surface area contributed by atoms with Crippen LogP contribution in [0.5, 0.6) is 0 Å². The second-order valence-electron chi connectivity index (χ2n) is 6.72. The van der Waals surface area contributed by atoms with Gasteiger partial charge in [0.15, 0.2) is 11.6 Å². The number of rotatable bonds is 6. The SMILES string of the molecule is CCNC(=NCC(=O)NC(C)(C)C)NCCc1nnc2ccccn12. The number of carbonyl (C=O) groups excluding carboxylic acids is 1. The van der Waals surface area contributed by atoms with Crippen molar-refractivity contribution in [1.82, 2.24) is 30.5 Å². The second-order valence-corrected chi connectivity index (χ2v) is 6.72. The Morgan fingerprint density at radius 2 is 2.04 bits per heavy atom. The molecule has 0 bridgehead atoms. The Bertz CT molecular complexity index is 730. The number of nitrogens with zero attached hydrogens (tertiary/aromatic N) is 4. The Kier molecular flexibility index (Phi) is 6.32.